The van der Waals surface area contributed by atoms with Crippen molar-refractivity contribution in [1.29, 1.82) is 0 Å². The molecule has 1 heterocycles. The van der Waals surface area contributed by atoms with E-state index in [1.165, 1.54) is 30.0 Å². The van der Waals surface area contributed by atoms with Gasteiger partial charge in [0.15, 0.2) is 16.8 Å². The van der Waals surface area contributed by atoms with Crippen LogP contribution in [-0.4, -0.2) is 32.2 Å². The van der Waals surface area contributed by atoms with Crippen LogP contribution in [-0.2, 0) is 6.54 Å². The molecule has 0 spiro atoms. The van der Waals surface area contributed by atoms with Gasteiger partial charge in [-0.05, 0) is 31.2 Å². The van der Waals surface area contributed by atoms with Gasteiger partial charge in [-0.3, -0.25) is 9.59 Å². The van der Waals surface area contributed by atoms with E-state index in [9.17, 15) is 14.0 Å². The molecule has 0 radical (unpaired) electrons. The molecule has 0 unspecified atom stereocenters. The number of carbonyl (C=O) groups is 2. The lowest BCUT2D eigenvalue weighted by Gasteiger charge is -2.15. The van der Waals surface area contributed by atoms with Gasteiger partial charge >= 0.3 is 0 Å². The second-order valence-electron chi connectivity index (χ2n) is 6.63. The zero-order valence-electron chi connectivity index (χ0n) is 16.7. The van der Waals surface area contributed by atoms with Crippen molar-refractivity contribution >= 4 is 39.4 Å². The molecule has 3 rings (SSSR count). The lowest BCUT2D eigenvalue weighted by atomic mass is 10.2. The summed E-state index contributed by atoms with van der Waals surface area (Å²) in [6.07, 6.45) is 1.68. The Labute approximate surface area is 192 Å². The van der Waals surface area contributed by atoms with Crippen LogP contribution in [0.3, 0.4) is 0 Å². The number of Topliss-reactive ketones (excluding diaryl/α,β-unsaturated/α-hetero) is 1. The van der Waals surface area contributed by atoms with Gasteiger partial charge in [-0.1, -0.05) is 58.0 Å². The lowest BCUT2D eigenvalue weighted by Crippen LogP contribution is -2.29. The third kappa shape index (κ3) is 5.68. The van der Waals surface area contributed by atoms with E-state index in [4.69, 9.17) is 0 Å². The molecule has 1 N–H and O–H groups in total. The summed E-state index contributed by atoms with van der Waals surface area (Å²) in [6.45, 7) is 5.89. The first-order chi connectivity index (χ1) is 14.9. The summed E-state index contributed by atoms with van der Waals surface area (Å²) >= 11 is 4.61. The molecule has 31 heavy (non-hydrogen) atoms. The molecule has 9 heteroatoms. The van der Waals surface area contributed by atoms with Gasteiger partial charge < -0.3 is 9.88 Å². The molecule has 3 aromatic rings. The summed E-state index contributed by atoms with van der Waals surface area (Å²) in [7, 11) is 0. The van der Waals surface area contributed by atoms with E-state index in [1.54, 1.807) is 35.8 Å². The molecule has 0 saturated carbocycles. The monoisotopic (exact) mass is 502 g/mol. The Morgan fingerprint density at radius 3 is 2.61 bits per heavy atom. The number of carbonyl (C=O) groups excluding carboxylic acids is 2. The van der Waals surface area contributed by atoms with Gasteiger partial charge in [-0.2, -0.15) is 0 Å². The summed E-state index contributed by atoms with van der Waals surface area (Å²) in [4.78, 5) is 24.9. The van der Waals surface area contributed by atoms with E-state index in [0.717, 1.165) is 4.47 Å². The predicted molar refractivity (Wildman–Crippen MR) is 122 cm³/mol. The largest absolute Gasteiger partial charge is 0.342 e. The van der Waals surface area contributed by atoms with E-state index in [-0.39, 0.29) is 17.1 Å². The number of nitrogens with one attached hydrogen (secondary N) is 1. The summed E-state index contributed by atoms with van der Waals surface area (Å²) in [6, 6.07) is 12.4. The number of halogens is 2. The summed E-state index contributed by atoms with van der Waals surface area (Å²) < 4.78 is 16.6. The minimum Gasteiger partial charge on any atom is -0.342 e. The molecule has 0 saturated heterocycles. The highest BCUT2D eigenvalue weighted by Gasteiger charge is 2.21. The van der Waals surface area contributed by atoms with Gasteiger partial charge in [0.25, 0.3) is 5.91 Å². The van der Waals surface area contributed by atoms with Gasteiger partial charge in [0.2, 0.25) is 0 Å². The van der Waals surface area contributed by atoms with Crippen molar-refractivity contribution in [2.24, 2.45) is 0 Å². The molecular formula is C22H20BrFN4O2S. The van der Waals surface area contributed by atoms with Crippen LogP contribution in [0.2, 0.25) is 0 Å². The highest BCUT2D eigenvalue weighted by atomic mass is 79.9. The van der Waals surface area contributed by atoms with Crippen molar-refractivity contribution in [1.82, 2.24) is 20.1 Å². The zero-order valence-corrected chi connectivity index (χ0v) is 19.1. The Morgan fingerprint density at radius 2 is 1.94 bits per heavy atom. The van der Waals surface area contributed by atoms with Gasteiger partial charge in [0.05, 0.1) is 17.4 Å². The molecular weight excluding hydrogens is 483 g/mol. The quantitative estimate of drug-likeness (QED) is 0.257. The molecule has 1 aromatic heterocycles. The number of nitrogens with zero attached hydrogens (tertiary/aromatic N) is 3. The fraction of sp³-hybridized carbons (Fsp3) is 0.182. The van der Waals surface area contributed by atoms with Crippen LogP contribution in [0.4, 0.5) is 4.39 Å². The smallest absolute Gasteiger partial charge is 0.254 e. The first-order valence-corrected chi connectivity index (χ1v) is 11.2. The first kappa shape index (κ1) is 22.9. The topological polar surface area (TPSA) is 76.9 Å². The van der Waals surface area contributed by atoms with Gasteiger partial charge in [0.1, 0.15) is 5.82 Å². The summed E-state index contributed by atoms with van der Waals surface area (Å²) in [5.41, 5.74) is 0.565. The minimum absolute atomic E-state index is 0.0342. The van der Waals surface area contributed by atoms with Crippen LogP contribution in [0.1, 0.15) is 39.5 Å². The normalized spacial score (nSPS) is 11.7. The number of hydrogen-bond acceptors (Lipinski definition) is 5. The van der Waals surface area contributed by atoms with Crippen LogP contribution < -0.4 is 5.32 Å². The molecule has 2 aromatic carbocycles. The number of allylic oxidation sites excluding steroid dienone is 1. The Morgan fingerprint density at radius 1 is 1.23 bits per heavy atom. The molecule has 6 nitrogen and oxygen atoms in total. The Hall–Kier alpha value is -2.78. The van der Waals surface area contributed by atoms with Crippen LogP contribution in [0.15, 0.2) is 70.8 Å². The number of ketones is 1. The first-order valence-electron chi connectivity index (χ1n) is 9.41. The Kier molecular flexibility index (Phi) is 7.75. The maximum Gasteiger partial charge on any atom is 0.254 e. The molecule has 0 aliphatic heterocycles. The number of thioether (sulfide) groups is 1. The van der Waals surface area contributed by atoms with Crippen molar-refractivity contribution in [2.75, 3.05) is 5.75 Å². The average Bonchev–Trinajstić information content (AvgIpc) is 3.15. The van der Waals surface area contributed by atoms with Crippen molar-refractivity contribution < 1.29 is 14.0 Å². The van der Waals surface area contributed by atoms with E-state index >= 15 is 0 Å². The van der Waals surface area contributed by atoms with Crippen molar-refractivity contribution in [3.8, 4) is 0 Å². The SMILES string of the molecule is C=CCn1c(SCC(=O)c2ccc(Br)cc2)nnc1[C@H](C)NC(=O)c1ccccc1F. The molecule has 0 aliphatic rings. The Balaban J connectivity index is 1.72. The van der Waals surface area contributed by atoms with E-state index in [1.807, 2.05) is 12.1 Å². The van der Waals surface area contributed by atoms with Crippen LogP contribution >= 0.6 is 27.7 Å². The molecule has 160 valence electrons. The highest BCUT2D eigenvalue weighted by Crippen LogP contribution is 2.23. The summed E-state index contributed by atoms with van der Waals surface area (Å²) in [5.74, 6) is -0.496. The number of aromatic nitrogens is 3. The summed E-state index contributed by atoms with van der Waals surface area (Å²) in [5, 5.41) is 11.6. The standard InChI is InChI=1S/C22H20BrFN4O2S/c1-3-12-28-20(14(2)25-21(30)17-6-4-5-7-18(17)24)26-27-22(28)31-13-19(29)15-8-10-16(23)11-9-15/h3-11,14H,1,12-13H2,2H3,(H,25,30)/t14-/m0/s1. The second kappa shape index (κ2) is 10.5. The zero-order chi connectivity index (χ0) is 22.4. The third-order valence-electron chi connectivity index (χ3n) is 4.41. The maximum absolute atomic E-state index is 13.9. The van der Waals surface area contributed by atoms with Crippen molar-refractivity contribution in [2.45, 2.75) is 24.7 Å². The molecule has 1 amide bonds. The highest BCUT2D eigenvalue weighted by molar-refractivity contribution is 9.10. The number of hydrogen-bond donors (Lipinski definition) is 1. The molecule has 0 bridgehead atoms. The van der Waals surface area contributed by atoms with Crippen LogP contribution in [0.25, 0.3) is 0 Å². The lowest BCUT2D eigenvalue weighted by molar-refractivity contribution is 0.0932. The number of amides is 1. The van der Waals surface area contributed by atoms with Gasteiger partial charge in [-0.15, -0.1) is 16.8 Å². The van der Waals surface area contributed by atoms with E-state index < -0.39 is 17.8 Å². The third-order valence-corrected chi connectivity index (χ3v) is 5.90. The van der Waals surface area contributed by atoms with Crippen LogP contribution in [0, 0.1) is 5.82 Å². The fourth-order valence-corrected chi connectivity index (χ4v) is 3.97. The van der Waals surface area contributed by atoms with Gasteiger partial charge in [0, 0.05) is 16.6 Å². The van der Waals surface area contributed by atoms with Crippen LogP contribution in [0.5, 0.6) is 0 Å². The van der Waals surface area contributed by atoms with E-state index in [2.05, 4.69) is 38.0 Å². The van der Waals surface area contributed by atoms with Crippen molar-refractivity contribution in [3.05, 3.63) is 88.4 Å². The molecule has 0 aliphatic carbocycles. The second-order valence-corrected chi connectivity index (χ2v) is 8.49. The fourth-order valence-electron chi connectivity index (χ4n) is 2.86. The number of rotatable bonds is 9. The maximum atomic E-state index is 13.9. The Bertz CT molecular complexity index is 1100. The molecule has 1 atom stereocenters. The predicted octanol–water partition coefficient (Wildman–Crippen LogP) is 4.83. The van der Waals surface area contributed by atoms with E-state index in [0.29, 0.717) is 23.1 Å². The number of benzene rings is 2. The van der Waals surface area contributed by atoms with Crippen molar-refractivity contribution in [3.63, 3.8) is 0 Å². The molecule has 0 fully saturated rings. The van der Waals surface area contributed by atoms with Gasteiger partial charge in [-0.25, -0.2) is 4.39 Å². The average molecular weight is 503 g/mol. The minimum atomic E-state index is -0.595.